The molecule has 3 rings (SSSR count). The summed E-state index contributed by atoms with van der Waals surface area (Å²) in [6.45, 7) is 0. The normalized spacial score (nSPS) is 16.9. The molecule has 1 nitrogen and oxygen atoms in total. The van der Waals surface area contributed by atoms with Crippen molar-refractivity contribution < 1.29 is 4.74 Å². The Kier molecular flexibility index (Phi) is 3.22. The summed E-state index contributed by atoms with van der Waals surface area (Å²) in [5.74, 6) is 1.76. The molecule has 1 aliphatic rings. The van der Waals surface area contributed by atoms with Crippen LogP contribution in [0.1, 0.15) is 43.6 Å². The van der Waals surface area contributed by atoms with Crippen molar-refractivity contribution >= 4 is 10.8 Å². The van der Waals surface area contributed by atoms with E-state index in [2.05, 4.69) is 36.4 Å². The third kappa shape index (κ3) is 2.10. The van der Waals surface area contributed by atoms with E-state index in [0.717, 1.165) is 5.75 Å². The van der Waals surface area contributed by atoms with Crippen LogP contribution >= 0.6 is 0 Å². The summed E-state index contributed by atoms with van der Waals surface area (Å²) < 4.78 is 5.61. The minimum atomic E-state index is 0.693. The molecule has 0 amide bonds. The summed E-state index contributed by atoms with van der Waals surface area (Å²) in [4.78, 5) is 0. The lowest BCUT2D eigenvalue weighted by Crippen LogP contribution is -2.06. The molecule has 0 N–H and O–H groups in total. The molecular weight excluding hydrogens is 220 g/mol. The molecule has 1 fully saturated rings. The zero-order valence-electron chi connectivity index (χ0n) is 11.0. The standard InChI is InChI=1S/C17H20O/c1-18-17-12-15-10-6-5-9-14(15)11-16(17)13-7-3-2-4-8-13/h5-6,9-13H,2-4,7-8H2,1H3. The maximum Gasteiger partial charge on any atom is 0.122 e. The minimum absolute atomic E-state index is 0.693. The molecule has 2 aromatic carbocycles. The van der Waals surface area contributed by atoms with Crippen LogP contribution in [-0.4, -0.2) is 7.11 Å². The number of methoxy groups -OCH3 is 1. The van der Waals surface area contributed by atoms with Crippen LogP contribution in [-0.2, 0) is 0 Å². The number of ether oxygens (including phenoxy) is 1. The van der Waals surface area contributed by atoms with Gasteiger partial charge < -0.3 is 4.74 Å². The summed E-state index contributed by atoms with van der Waals surface area (Å²) in [5, 5.41) is 2.60. The fourth-order valence-electron chi connectivity index (χ4n) is 3.15. The highest BCUT2D eigenvalue weighted by molar-refractivity contribution is 5.85. The second-order valence-corrected chi connectivity index (χ2v) is 5.28. The van der Waals surface area contributed by atoms with Crippen molar-refractivity contribution in [3.8, 4) is 5.75 Å². The minimum Gasteiger partial charge on any atom is -0.496 e. The topological polar surface area (TPSA) is 9.23 Å². The van der Waals surface area contributed by atoms with E-state index < -0.39 is 0 Å². The average molecular weight is 240 g/mol. The third-order valence-electron chi connectivity index (χ3n) is 4.14. The fourth-order valence-corrected chi connectivity index (χ4v) is 3.15. The van der Waals surface area contributed by atoms with E-state index in [1.165, 1.54) is 48.4 Å². The molecule has 2 aromatic rings. The molecule has 0 aliphatic heterocycles. The molecule has 0 unspecified atom stereocenters. The van der Waals surface area contributed by atoms with Crippen molar-refractivity contribution in [3.05, 3.63) is 42.0 Å². The van der Waals surface area contributed by atoms with Crippen LogP contribution in [0.2, 0.25) is 0 Å². The first kappa shape index (κ1) is 11.6. The molecule has 1 aliphatic carbocycles. The van der Waals surface area contributed by atoms with Gasteiger partial charge in [-0.05, 0) is 47.2 Å². The molecule has 0 saturated heterocycles. The number of rotatable bonds is 2. The Morgan fingerprint density at radius 2 is 1.61 bits per heavy atom. The summed E-state index contributed by atoms with van der Waals surface area (Å²) in [6, 6.07) is 13.1. The molecule has 0 aromatic heterocycles. The molecule has 18 heavy (non-hydrogen) atoms. The quantitative estimate of drug-likeness (QED) is 0.725. The van der Waals surface area contributed by atoms with E-state index in [0.29, 0.717) is 5.92 Å². The van der Waals surface area contributed by atoms with Gasteiger partial charge in [0, 0.05) is 0 Å². The smallest absolute Gasteiger partial charge is 0.122 e. The first-order valence-corrected chi connectivity index (χ1v) is 6.95. The van der Waals surface area contributed by atoms with Gasteiger partial charge in [-0.3, -0.25) is 0 Å². The van der Waals surface area contributed by atoms with Gasteiger partial charge in [0.2, 0.25) is 0 Å². The molecular formula is C17H20O. The van der Waals surface area contributed by atoms with Gasteiger partial charge in [0.1, 0.15) is 5.75 Å². The van der Waals surface area contributed by atoms with Crippen LogP contribution in [0.4, 0.5) is 0 Å². The zero-order chi connectivity index (χ0) is 12.4. The molecule has 0 spiro atoms. The number of hydrogen-bond acceptors (Lipinski definition) is 1. The molecule has 0 atom stereocenters. The lowest BCUT2D eigenvalue weighted by atomic mass is 9.83. The maximum atomic E-state index is 5.61. The van der Waals surface area contributed by atoms with Crippen LogP contribution in [0.25, 0.3) is 10.8 Å². The zero-order valence-corrected chi connectivity index (χ0v) is 11.0. The Bertz CT molecular complexity index is 538. The van der Waals surface area contributed by atoms with Crippen LogP contribution in [0, 0.1) is 0 Å². The highest BCUT2D eigenvalue weighted by Gasteiger charge is 2.19. The lowest BCUT2D eigenvalue weighted by Gasteiger charge is -2.24. The fraction of sp³-hybridized carbons (Fsp3) is 0.412. The summed E-state index contributed by atoms with van der Waals surface area (Å²) in [7, 11) is 1.79. The molecule has 0 bridgehead atoms. The second-order valence-electron chi connectivity index (χ2n) is 5.28. The Hall–Kier alpha value is -1.50. The predicted octanol–water partition coefficient (Wildman–Crippen LogP) is 4.90. The van der Waals surface area contributed by atoms with E-state index in [1.54, 1.807) is 7.11 Å². The van der Waals surface area contributed by atoms with Crippen molar-refractivity contribution in [3.63, 3.8) is 0 Å². The Labute approximate surface area is 109 Å². The Morgan fingerprint density at radius 1 is 0.944 bits per heavy atom. The van der Waals surface area contributed by atoms with Gasteiger partial charge >= 0.3 is 0 Å². The SMILES string of the molecule is COc1cc2ccccc2cc1C1CCCCC1. The third-order valence-corrected chi connectivity index (χ3v) is 4.14. The van der Waals surface area contributed by atoms with E-state index >= 15 is 0 Å². The second kappa shape index (κ2) is 5.01. The summed E-state index contributed by atoms with van der Waals surface area (Å²) in [6.07, 6.45) is 6.75. The largest absolute Gasteiger partial charge is 0.496 e. The van der Waals surface area contributed by atoms with Crippen molar-refractivity contribution in [2.75, 3.05) is 7.11 Å². The summed E-state index contributed by atoms with van der Waals surface area (Å²) in [5.41, 5.74) is 1.41. The molecule has 0 heterocycles. The van der Waals surface area contributed by atoms with Crippen molar-refractivity contribution in [1.29, 1.82) is 0 Å². The average Bonchev–Trinajstić information content (AvgIpc) is 2.46. The first-order valence-electron chi connectivity index (χ1n) is 6.95. The molecule has 0 radical (unpaired) electrons. The maximum absolute atomic E-state index is 5.61. The van der Waals surface area contributed by atoms with Gasteiger partial charge in [0.25, 0.3) is 0 Å². The summed E-state index contributed by atoms with van der Waals surface area (Å²) >= 11 is 0. The number of hydrogen-bond donors (Lipinski definition) is 0. The van der Waals surface area contributed by atoms with Gasteiger partial charge in [-0.25, -0.2) is 0 Å². The highest BCUT2D eigenvalue weighted by atomic mass is 16.5. The van der Waals surface area contributed by atoms with E-state index in [-0.39, 0.29) is 0 Å². The number of fused-ring (bicyclic) bond motifs is 1. The Balaban J connectivity index is 2.08. The van der Waals surface area contributed by atoms with Gasteiger partial charge in [-0.15, -0.1) is 0 Å². The van der Waals surface area contributed by atoms with Crippen LogP contribution in [0.3, 0.4) is 0 Å². The molecule has 94 valence electrons. The number of benzene rings is 2. The molecule has 1 saturated carbocycles. The van der Waals surface area contributed by atoms with Crippen LogP contribution < -0.4 is 4.74 Å². The van der Waals surface area contributed by atoms with Gasteiger partial charge in [-0.2, -0.15) is 0 Å². The van der Waals surface area contributed by atoms with Crippen LogP contribution in [0.5, 0.6) is 5.75 Å². The van der Waals surface area contributed by atoms with Gasteiger partial charge in [0.05, 0.1) is 7.11 Å². The van der Waals surface area contributed by atoms with Crippen molar-refractivity contribution in [1.82, 2.24) is 0 Å². The van der Waals surface area contributed by atoms with E-state index in [4.69, 9.17) is 4.74 Å². The van der Waals surface area contributed by atoms with E-state index in [1.807, 2.05) is 0 Å². The van der Waals surface area contributed by atoms with Gasteiger partial charge in [-0.1, -0.05) is 43.5 Å². The predicted molar refractivity (Wildman–Crippen MR) is 76.3 cm³/mol. The van der Waals surface area contributed by atoms with Crippen LogP contribution in [0.15, 0.2) is 36.4 Å². The van der Waals surface area contributed by atoms with Crippen molar-refractivity contribution in [2.24, 2.45) is 0 Å². The first-order chi connectivity index (χ1) is 8.88. The molecule has 1 heteroatoms. The highest BCUT2D eigenvalue weighted by Crippen LogP contribution is 2.39. The van der Waals surface area contributed by atoms with Gasteiger partial charge in [0.15, 0.2) is 0 Å². The van der Waals surface area contributed by atoms with Crippen molar-refractivity contribution in [2.45, 2.75) is 38.0 Å². The van der Waals surface area contributed by atoms with E-state index in [9.17, 15) is 0 Å². The Morgan fingerprint density at radius 3 is 2.28 bits per heavy atom. The lowest BCUT2D eigenvalue weighted by molar-refractivity contribution is 0.388. The monoisotopic (exact) mass is 240 g/mol.